The lowest BCUT2D eigenvalue weighted by atomic mass is 10.2. The fourth-order valence-corrected chi connectivity index (χ4v) is 4.60. The third kappa shape index (κ3) is 9.73. The number of rotatable bonds is 18. The first-order valence-corrected chi connectivity index (χ1v) is 15.8. The van der Waals surface area contributed by atoms with Crippen molar-refractivity contribution in [1.29, 1.82) is 0 Å². The number of nitrogens with one attached hydrogen (secondary N) is 2. The Bertz CT molecular complexity index is 1650. The maximum Gasteiger partial charge on any atom is 0.265 e. The zero-order valence-electron chi connectivity index (χ0n) is 27.1. The number of nitrogen functional groups attached to an aromatic ring is 1. The van der Waals surface area contributed by atoms with Crippen LogP contribution in [0.4, 0.5) is 11.9 Å². The van der Waals surface area contributed by atoms with Crippen molar-refractivity contribution in [2.75, 3.05) is 43.1 Å². The highest BCUT2D eigenvalue weighted by molar-refractivity contribution is 5.82. The van der Waals surface area contributed by atoms with Gasteiger partial charge in [0.15, 0.2) is 23.0 Å². The van der Waals surface area contributed by atoms with Gasteiger partial charge in [-0.3, -0.25) is 0 Å². The zero-order valence-corrected chi connectivity index (χ0v) is 27.1. The summed E-state index contributed by atoms with van der Waals surface area (Å²) >= 11 is 0. The van der Waals surface area contributed by atoms with Crippen molar-refractivity contribution in [2.24, 2.45) is 10.2 Å². The molecule has 0 spiro atoms. The molecule has 0 saturated heterocycles. The molecule has 0 atom stereocenters. The van der Waals surface area contributed by atoms with E-state index in [4.69, 9.17) is 24.8 Å². The van der Waals surface area contributed by atoms with E-state index < -0.39 is 0 Å². The lowest BCUT2D eigenvalue weighted by Gasteiger charge is -2.12. The van der Waals surface area contributed by atoms with Crippen molar-refractivity contribution in [3.63, 3.8) is 0 Å². The summed E-state index contributed by atoms with van der Waals surface area (Å²) in [4.78, 5) is 0. The number of hydrazone groups is 2. The average Bonchev–Trinajstić information content (AvgIpc) is 3.46. The van der Waals surface area contributed by atoms with Crippen molar-refractivity contribution in [2.45, 2.75) is 26.7 Å². The molecule has 0 aliphatic heterocycles. The minimum absolute atomic E-state index is 0.213. The van der Waals surface area contributed by atoms with Gasteiger partial charge in [0.05, 0.1) is 38.9 Å². The van der Waals surface area contributed by atoms with Crippen molar-refractivity contribution in [3.05, 3.63) is 119 Å². The second-order valence-electron chi connectivity index (χ2n) is 10.4. The van der Waals surface area contributed by atoms with Crippen LogP contribution in [0.25, 0.3) is 0 Å². The largest absolute Gasteiger partial charge is 0.490 e. The molecule has 4 aromatic carbocycles. The summed E-state index contributed by atoms with van der Waals surface area (Å²) in [6.07, 6.45) is 4.85. The Hall–Kier alpha value is -6.04. The third-order valence-corrected chi connectivity index (χ3v) is 6.97. The summed E-state index contributed by atoms with van der Waals surface area (Å²) in [5.74, 6) is 9.20. The average molecular weight is 649 g/mol. The third-order valence-electron chi connectivity index (χ3n) is 6.97. The van der Waals surface area contributed by atoms with Crippen molar-refractivity contribution in [1.82, 2.24) is 14.9 Å². The maximum atomic E-state index is 6.15. The Labute approximate surface area is 280 Å². The van der Waals surface area contributed by atoms with E-state index in [0.29, 0.717) is 49.4 Å². The summed E-state index contributed by atoms with van der Waals surface area (Å²) in [7, 11) is 0. The first-order valence-electron chi connectivity index (χ1n) is 15.8. The molecular weight excluding hydrogens is 608 g/mol. The molecule has 0 bridgehead atoms. The molecule has 1 aromatic heterocycles. The fourth-order valence-electron chi connectivity index (χ4n) is 4.60. The van der Waals surface area contributed by atoms with Crippen molar-refractivity contribution < 1.29 is 18.9 Å². The number of benzene rings is 4. The molecule has 48 heavy (non-hydrogen) atoms. The lowest BCUT2D eigenvalue weighted by molar-refractivity contribution is 0.279. The number of hydrogen-bond acceptors (Lipinski definition) is 11. The van der Waals surface area contributed by atoms with Gasteiger partial charge < -0.3 is 24.8 Å². The Kier molecular flexibility index (Phi) is 12.2. The monoisotopic (exact) mass is 648 g/mol. The first-order chi connectivity index (χ1) is 23.6. The topological polar surface area (TPSA) is 142 Å². The Morgan fingerprint density at radius 1 is 0.604 bits per heavy atom. The van der Waals surface area contributed by atoms with Crippen LogP contribution >= 0.6 is 0 Å². The Morgan fingerprint density at radius 3 is 1.46 bits per heavy atom. The van der Waals surface area contributed by atoms with Crippen molar-refractivity contribution >= 4 is 24.3 Å². The van der Waals surface area contributed by atoms with E-state index >= 15 is 0 Å². The van der Waals surface area contributed by atoms with Crippen LogP contribution in [-0.2, 0) is 12.8 Å². The highest BCUT2D eigenvalue weighted by Crippen LogP contribution is 2.29. The predicted molar refractivity (Wildman–Crippen MR) is 189 cm³/mol. The van der Waals surface area contributed by atoms with E-state index in [2.05, 4.69) is 55.5 Å². The molecule has 0 unspecified atom stereocenters. The molecular formula is C36H40N8O4. The minimum atomic E-state index is 0.213. The maximum absolute atomic E-state index is 6.15. The standard InChI is InChI=1S/C36H40N8O4/c1-3-45-33-23-29(15-17-31(33)47-21-19-27-11-7-5-8-12-27)25-38-40-35-42-43-36(44(35)37)41-39-26-30-16-18-32(34(24-30)46-4-2)48-22-20-28-13-9-6-10-14-28/h5-18,23-26H,3-4,19-22,37H2,1-2H3,(H,40,42)(H,41,43). The fraction of sp³-hybridized carbons (Fsp3) is 0.222. The normalized spacial score (nSPS) is 11.1. The van der Waals surface area contributed by atoms with Crippen LogP contribution in [0.5, 0.6) is 23.0 Å². The van der Waals surface area contributed by atoms with Crippen LogP contribution in [0.1, 0.15) is 36.1 Å². The van der Waals surface area contributed by atoms with E-state index in [-0.39, 0.29) is 11.9 Å². The Balaban J connectivity index is 1.13. The first kappa shape index (κ1) is 33.3. The molecule has 0 aliphatic rings. The predicted octanol–water partition coefficient (Wildman–Crippen LogP) is 5.92. The second-order valence-corrected chi connectivity index (χ2v) is 10.4. The molecule has 0 radical (unpaired) electrons. The molecule has 12 heteroatoms. The quantitative estimate of drug-likeness (QED) is 0.0599. The number of nitrogens with zero attached hydrogens (tertiary/aromatic N) is 5. The van der Waals surface area contributed by atoms with Crippen LogP contribution in [0.15, 0.2) is 107 Å². The van der Waals surface area contributed by atoms with Gasteiger partial charge in [0, 0.05) is 12.8 Å². The number of hydrogen-bond donors (Lipinski definition) is 3. The summed E-state index contributed by atoms with van der Waals surface area (Å²) in [5.41, 5.74) is 9.63. The van der Waals surface area contributed by atoms with Crippen LogP contribution in [-0.4, -0.2) is 53.7 Å². The number of aromatic nitrogens is 3. The van der Waals surface area contributed by atoms with E-state index in [1.807, 2.05) is 86.6 Å². The van der Waals surface area contributed by atoms with Crippen LogP contribution in [0.2, 0.25) is 0 Å². The molecule has 12 nitrogen and oxygen atoms in total. The van der Waals surface area contributed by atoms with Crippen LogP contribution in [0.3, 0.4) is 0 Å². The molecule has 0 fully saturated rings. The lowest BCUT2D eigenvalue weighted by Crippen LogP contribution is -2.14. The highest BCUT2D eigenvalue weighted by Gasteiger charge is 2.10. The molecule has 5 aromatic rings. The van der Waals surface area contributed by atoms with Gasteiger partial charge in [0.25, 0.3) is 11.9 Å². The van der Waals surface area contributed by atoms with Crippen LogP contribution in [0, 0.1) is 0 Å². The molecule has 1 heterocycles. The van der Waals surface area contributed by atoms with Gasteiger partial charge in [-0.2, -0.15) is 14.9 Å². The smallest absolute Gasteiger partial charge is 0.265 e. The summed E-state index contributed by atoms with van der Waals surface area (Å²) in [6.45, 7) is 5.94. The van der Waals surface area contributed by atoms with Gasteiger partial charge in [-0.05, 0) is 72.5 Å². The molecule has 0 amide bonds. The molecule has 248 valence electrons. The summed E-state index contributed by atoms with van der Waals surface area (Å²) in [6, 6.07) is 31.6. The van der Waals surface area contributed by atoms with E-state index in [0.717, 1.165) is 24.0 Å². The molecule has 4 N–H and O–H groups in total. The highest BCUT2D eigenvalue weighted by atomic mass is 16.5. The van der Waals surface area contributed by atoms with E-state index in [1.165, 1.54) is 15.8 Å². The Morgan fingerprint density at radius 2 is 1.04 bits per heavy atom. The van der Waals surface area contributed by atoms with Gasteiger partial charge >= 0.3 is 0 Å². The molecule has 5 rings (SSSR count). The van der Waals surface area contributed by atoms with Crippen molar-refractivity contribution in [3.8, 4) is 23.0 Å². The molecule has 0 aliphatic carbocycles. The van der Waals surface area contributed by atoms with E-state index in [1.54, 1.807) is 12.4 Å². The number of anilines is 2. The minimum Gasteiger partial charge on any atom is -0.490 e. The number of nitrogens with two attached hydrogens (primary N) is 1. The van der Waals surface area contributed by atoms with Gasteiger partial charge in [-0.1, -0.05) is 60.7 Å². The number of ether oxygens (including phenoxy) is 4. The molecule has 0 saturated carbocycles. The zero-order chi connectivity index (χ0) is 33.4. The van der Waals surface area contributed by atoms with Gasteiger partial charge in [0.1, 0.15) is 0 Å². The van der Waals surface area contributed by atoms with Gasteiger partial charge in [-0.25, -0.2) is 10.9 Å². The summed E-state index contributed by atoms with van der Waals surface area (Å²) in [5, 5.41) is 16.6. The van der Waals surface area contributed by atoms with Crippen LogP contribution < -0.4 is 35.6 Å². The van der Waals surface area contributed by atoms with Gasteiger partial charge in [0.2, 0.25) is 0 Å². The van der Waals surface area contributed by atoms with Gasteiger partial charge in [-0.15, -0.1) is 10.2 Å². The SMILES string of the molecule is CCOc1cc(C=NNc2nnc(NN=Cc3ccc(OCCc4ccccc4)c(OCC)c3)n2N)ccc1OCCc1ccccc1. The second kappa shape index (κ2) is 17.6. The van der Waals surface area contributed by atoms with E-state index in [9.17, 15) is 0 Å². The summed E-state index contributed by atoms with van der Waals surface area (Å²) < 4.78 is 24.8.